The van der Waals surface area contributed by atoms with Gasteiger partial charge in [0.05, 0.1) is 5.69 Å². The smallest absolute Gasteiger partial charge is 0.0540 e. The maximum Gasteiger partial charge on any atom is 0.0540 e. The highest BCUT2D eigenvalue weighted by atomic mass is 15.1. The quantitative estimate of drug-likeness (QED) is 0.145. The maximum absolute atomic E-state index is 2.50. The highest BCUT2D eigenvalue weighted by molar-refractivity contribution is 6.12. The average Bonchev–Trinajstić information content (AvgIpc) is 3.95. The van der Waals surface area contributed by atoms with Gasteiger partial charge >= 0.3 is 0 Å². The summed E-state index contributed by atoms with van der Waals surface area (Å²) >= 11 is 0. The fourth-order valence-electron chi connectivity index (χ4n) is 11.1. The first-order valence-electron chi connectivity index (χ1n) is 22.1. The lowest BCUT2D eigenvalue weighted by molar-refractivity contribution is 0.550. The van der Waals surface area contributed by atoms with Gasteiger partial charge in [-0.1, -0.05) is 207 Å². The van der Waals surface area contributed by atoms with Crippen molar-refractivity contribution < 1.29 is 0 Å². The van der Waals surface area contributed by atoms with Crippen LogP contribution in [-0.2, 0) is 5.41 Å². The standard InChI is InChI=1S/C61H45N/c1-2-17-42(18-3-1)47-21-6-7-22-50(47)52-23-8-9-24-53(52)56-26-11-13-30-60(56)62(46-36-38-59-57(41-46)55-25-10-12-29-58(55)61(59)39-14-15-40-61)45-34-31-44(32-35-45)49-27-16-28-51-48-20-5-4-19-43(48)33-37-54(49)51/h1-13,16-38,41H,14-15,39-40H2. The zero-order valence-corrected chi connectivity index (χ0v) is 34.6. The predicted molar refractivity (Wildman–Crippen MR) is 263 cm³/mol. The van der Waals surface area contributed by atoms with Crippen molar-refractivity contribution in [2.24, 2.45) is 0 Å². The first-order chi connectivity index (χ1) is 30.7. The molecule has 294 valence electrons. The van der Waals surface area contributed by atoms with Crippen LogP contribution in [0.1, 0.15) is 36.8 Å². The summed E-state index contributed by atoms with van der Waals surface area (Å²) in [4.78, 5) is 2.50. The lowest BCUT2D eigenvalue weighted by Crippen LogP contribution is -2.20. The van der Waals surface area contributed by atoms with Crippen molar-refractivity contribution in [3.8, 4) is 55.6 Å². The topological polar surface area (TPSA) is 3.24 Å². The minimum atomic E-state index is 0.115. The van der Waals surface area contributed by atoms with E-state index < -0.39 is 0 Å². The number of nitrogens with zero attached hydrogens (tertiary/aromatic N) is 1. The van der Waals surface area contributed by atoms with Gasteiger partial charge in [0, 0.05) is 22.4 Å². The molecule has 0 atom stereocenters. The van der Waals surface area contributed by atoms with Crippen LogP contribution in [0.15, 0.2) is 224 Å². The minimum absolute atomic E-state index is 0.115. The van der Waals surface area contributed by atoms with Gasteiger partial charge in [-0.05, 0) is 126 Å². The molecule has 0 bridgehead atoms. The molecule has 0 N–H and O–H groups in total. The molecule has 62 heavy (non-hydrogen) atoms. The van der Waals surface area contributed by atoms with E-state index in [-0.39, 0.29) is 5.41 Å². The second-order valence-corrected chi connectivity index (χ2v) is 17.1. The van der Waals surface area contributed by atoms with Gasteiger partial charge in [0.1, 0.15) is 0 Å². The third kappa shape index (κ3) is 5.84. The van der Waals surface area contributed by atoms with Crippen LogP contribution in [0.4, 0.5) is 17.1 Å². The van der Waals surface area contributed by atoms with Crippen molar-refractivity contribution in [3.63, 3.8) is 0 Å². The number of fused-ring (bicyclic) bond motifs is 8. The Kier molecular flexibility index (Phi) is 8.75. The fraction of sp³-hybridized carbons (Fsp3) is 0.0820. The van der Waals surface area contributed by atoms with Crippen LogP contribution < -0.4 is 4.90 Å². The van der Waals surface area contributed by atoms with Gasteiger partial charge in [0.2, 0.25) is 0 Å². The summed E-state index contributed by atoms with van der Waals surface area (Å²) in [6.45, 7) is 0. The Hall–Kier alpha value is -7.48. The van der Waals surface area contributed by atoms with Gasteiger partial charge in [0.25, 0.3) is 0 Å². The van der Waals surface area contributed by atoms with Crippen LogP contribution in [0.5, 0.6) is 0 Å². The molecule has 0 saturated heterocycles. The van der Waals surface area contributed by atoms with Crippen LogP contribution in [0.3, 0.4) is 0 Å². The summed E-state index contributed by atoms with van der Waals surface area (Å²) in [6.07, 6.45) is 4.99. The van der Waals surface area contributed by atoms with Gasteiger partial charge in [-0.3, -0.25) is 0 Å². The summed E-state index contributed by atoms with van der Waals surface area (Å²) < 4.78 is 0. The first-order valence-corrected chi connectivity index (χ1v) is 22.1. The molecule has 1 spiro atoms. The molecule has 0 heterocycles. The molecule has 0 aliphatic heterocycles. The number of rotatable bonds is 7. The highest BCUT2D eigenvalue weighted by Gasteiger charge is 2.45. The summed E-state index contributed by atoms with van der Waals surface area (Å²) in [7, 11) is 0. The molecule has 1 saturated carbocycles. The Morgan fingerprint density at radius 3 is 1.65 bits per heavy atom. The molecule has 2 aliphatic rings. The van der Waals surface area contributed by atoms with Crippen molar-refractivity contribution in [2.45, 2.75) is 31.1 Å². The number of anilines is 3. The Labute approximate surface area is 364 Å². The maximum atomic E-state index is 2.50. The first kappa shape index (κ1) is 36.4. The highest BCUT2D eigenvalue weighted by Crippen LogP contribution is 2.58. The van der Waals surface area contributed by atoms with Crippen LogP contribution >= 0.6 is 0 Å². The van der Waals surface area contributed by atoms with E-state index in [0.717, 1.165) is 17.1 Å². The molecule has 2 aliphatic carbocycles. The second kappa shape index (κ2) is 14.9. The molecular formula is C61H45N. The van der Waals surface area contributed by atoms with Gasteiger partial charge in [-0.15, -0.1) is 0 Å². The number of benzene rings is 10. The van der Waals surface area contributed by atoms with E-state index in [4.69, 9.17) is 0 Å². The molecule has 12 rings (SSSR count). The van der Waals surface area contributed by atoms with Crippen LogP contribution in [0.25, 0.3) is 77.2 Å². The normalized spacial score (nSPS) is 13.7. The Balaban J connectivity index is 1.04. The second-order valence-electron chi connectivity index (χ2n) is 17.1. The molecule has 1 nitrogen and oxygen atoms in total. The van der Waals surface area contributed by atoms with Gasteiger partial charge in [-0.25, -0.2) is 0 Å². The number of hydrogen-bond acceptors (Lipinski definition) is 1. The largest absolute Gasteiger partial charge is 0.310 e. The summed E-state index contributed by atoms with van der Waals surface area (Å²) in [5, 5.41) is 5.11. The third-order valence-corrected chi connectivity index (χ3v) is 13.9. The summed E-state index contributed by atoms with van der Waals surface area (Å²) in [5.41, 5.74) is 19.0. The monoisotopic (exact) mass is 791 g/mol. The van der Waals surface area contributed by atoms with Crippen molar-refractivity contribution in [2.75, 3.05) is 4.90 Å². The third-order valence-electron chi connectivity index (χ3n) is 13.9. The van der Waals surface area contributed by atoms with E-state index in [1.165, 1.54) is 114 Å². The molecule has 1 fully saturated rings. The van der Waals surface area contributed by atoms with E-state index in [0.29, 0.717) is 0 Å². The van der Waals surface area contributed by atoms with E-state index in [1.54, 1.807) is 0 Å². The van der Waals surface area contributed by atoms with E-state index in [1.807, 2.05) is 0 Å². The molecule has 1 heteroatoms. The Bertz CT molecular complexity index is 3300. The van der Waals surface area contributed by atoms with Gasteiger partial charge in [-0.2, -0.15) is 0 Å². The number of hydrogen-bond donors (Lipinski definition) is 0. The predicted octanol–water partition coefficient (Wildman–Crippen LogP) is 17.0. The molecule has 0 unspecified atom stereocenters. The molecule has 10 aromatic carbocycles. The van der Waals surface area contributed by atoms with Gasteiger partial charge in [0.15, 0.2) is 0 Å². The van der Waals surface area contributed by atoms with E-state index >= 15 is 0 Å². The zero-order chi connectivity index (χ0) is 41.0. The van der Waals surface area contributed by atoms with Crippen LogP contribution in [0, 0.1) is 0 Å². The molecule has 0 aromatic heterocycles. The molecule has 0 amide bonds. The molecule has 0 radical (unpaired) electrons. The number of para-hydroxylation sites is 1. The minimum Gasteiger partial charge on any atom is -0.310 e. The molecule has 10 aromatic rings. The van der Waals surface area contributed by atoms with Crippen LogP contribution in [0.2, 0.25) is 0 Å². The summed E-state index contributed by atoms with van der Waals surface area (Å²) in [6, 6.07) is 83.3. The molecular weight excluding hydrogens is 747 g/mol. The lowest BCUT2D eigenvalue weighted by Gasteiger charge is -2.30. The SMILES string of the molecule is c1ccc(-c2ccccc2-c2ccccc2-c2ccccc2N(c2ccc(-c3cccc4c3ccc3ccccc34)cc2)c2ccc3c(c2)-c2ccccc2C32CCCC2)cc1. The van der Waals surface area contributed by atoms with Crippen molar-refractivity contribution in [1.29, 1.82) is 0 Å². The summed E-state index contributed by atoms with van der Waals surface area (Å²) in [5.74, 6) is 0. The van der Waals surface area contributed by atoms with Crippen molar-refractivity contribution >= 4 is 38.6 Å². The Morgan fingerprint density at radius 1 is 0.306 bits per heavy atom. The van der Waals surface area contributed by atoms with E-state index in [9.17, 15) is 0 Å². The lowest BCUT2D eigenvalue weighted by atomic mass is 9.77. The van der Waals surface area contributed by atoms with Crippen molar-refractivity contribution in [3.05, 3.63) is 236 Å². The van der Waals surface area contributed by atoms with Gasteiger partial charge < -0.3 is 4.90 Å². The van der Waals surface area contributed by atoms with Crippen LogP contribution in [-0.4, -0.2) is 0 Å². The Morgan fingerprint density at radius 2 is 0.855 bits per heavy atom. The average molecular weight is 792 g/mol. The van der Waals surface area contributed by atoms with Crippen molar-refractivity contribution in [1.82, 2.24) is 0 Å². The fourth-order valence-corrected chi connectivity index (χ4v) is 11.1. The zero-order valence-electron chi connectivity index (χ0n) is 34.6. The van der Waals surface area contributed by atoms with E-state index in [2.05, 4.69) is 229 Å².